The number of hydrogen-bond acceptors (Lipinski definition) is 4. The molecule has 1 fully saturated rings. The van der Waals surface area contributed by atoms with Gasteiger partial charge in [0.05, 0.1) is 18.2 Å². The minimum atomic E-state index is 0.0383. The molecule has 0 aromatic carbocycles. The molecule has 0 aliphatic carbocycles. The maximum atomic E-state index is 13.0. The highest BCUT2D eigenvalue weighted by Gasteiger charge is 2.28. The van der Waals surface area contributed by atoms with Gasteiger partial charge in [-0.2, -0.15) is 10.2 Å². The SMILES string of the molecule is O=C(c1ccc(-n2cccn2)nc1)N1CCCC[C@H]1Cn1cccn1. The first-order valence-electron chi connectivity index (χ1n) is 8.56. The van der Waals surface area contributed by atoms with Crippen LogP contribution in [0.1, 0.15) is 29.6 Å². The van der Waals surface area contributed by atoms with E-state index in [1.54, 1.807) is 23.3 Å². The number of carbonyl (C=O) groups is 1. The number of rotatable bonds is 4. The Balaban J connectivity index is 1.51. The first-order chi connectivity index (χ1) is 12.3. The van der Waals surface area contributed by atoms with Crippen molar-refractivity contribution in [2.45, 2.75) is 31.8 Å². The van der Waals surface area contributed by atoms with E-state index < -0.39 is 0 Å². The number of likely N-dealkylation sites (tertiary alicyclic amines) is 1. The van der Waals surface area contributed by atoms with Gasteiger partial charge in [0, 0.05) is 37.5 Å². The normalized spacial score (nSPS) is 17.6. The van der Waals surface area contributed by atoms with E-state index in [1.165, 1.54) is 0 Å². The van der Waals surface area contributed by atoms with Crippen molar-refractivity contribution in [3.63, 3.8) is 0 Å². The zero-order chi connectivity index (χ0) is 17.1. The quantitative estimate of drug-likeness (QED) is 0.732. The fraction of sp³-hybridized carbons (Fsp3) is 0.333. The molecule has 0 radical (unpaired) electrons. The summed E-state index contributed by atoms with van der Waals surface area (Å²) in [6.07, 6.45) is 12.1. The average molecular weight is 336 g/mol. The number of amides is 1. The molecule has 0 saturated carbocycles. The van der Waals surface area contributed by atoms with Crippen LogP contribution in [0, 0.1) is 0 Å². The summed E-state index contributed by atoms with van der Waals surface area (Å²) in [4.78, 5) is 19.3. The zero-order valence-corrected chi connectivity index (χ0v) is 13.9. The molecule has 4 heterocycles. The van der Waals surface area contributed by atoms with Gasteiger partial charge in [0.1, 0.15) is 0 Å². The van der Waals surface area contributed by atoms with Crippen LogP contribution in [-0.4, -0.2) is 47.9 Å². The Hall–Kier alpha value is -2.96. The molecule has 1 aliphatic heterocycles. The first kappa shape index (κ1) is 15.6. The van der Waals surface area contributed by atoms with Crippen LogP contribution in [0.2, 0.25) is 0 Å². The van der Waals surface area contributed by atoms with Crippen LogP contribution >= 0.6 is 0 Å². The Kier molecular flexibility index (Phi) is 4.28. The lowest BCUT2D eigenvalue weighted by molar-refractivity contribution is 0.0583. The van der Waals surface area contributed by atoms with Gasteiger partial charge < -0.3 is 4.90 Å². The van der Waals surface area contributed by atoms with Crippen LogP contribution in [-0.2, 0) is 6.54 Å². The maximum absolute atomic E-state index is 13.0. The third-order valence-corrected chi connectivity index (χ3v) is 4.58. The highest BCUT2D eigenvalue weighted by atomic mass is 16.2. The van der Waals surface area contributed by atoms with Crippen LogP contribution in [0.25, 0.3) is 5.82 Å². The van der Waals surface area contributed by atoms with E-state index in [2.05, 4.69) is 15.2 Å². The molecular formula is C18H20N6O. The fourth-order valence-electron chi connectivity index (χ4n) is 3.30. The molecule has 1 aliphatic rings. The summed E-state index contributed by atoms with van der Waals surface area (Å²) < 4.78 is 3.57. The van der Waals surface area contributed by atoms with Gasteiger partial charge in [-0.1, -0.05) is 0 Å². The van der Waals surface area contributed by atoms with Gasteiger partial charge in [-0.15, -0.1) is 0 Å². The lowest BCUT2D eigenvalue weighted by Gasteiger charge is -2.35. The summed E-state index contributed by atoms with van der Waals surface area (Å²) >= 11 is 0. The summed E-state index contributed by atoms with van der Waals surface area (Å²) in [7, 11) is 0. The van der Waals surface area contributed by atoms with Gasteiger partial charge in [0.25, 0.3) is 5.91 Å². The molecule has 0 spiro atoms. The molecule has 1 saturated heterocycles. The first-order valence-corrected chi connectivity index (χ1v) is 8.56. The minimum absolute atomic E-state index is 0.0383. The van der Waals surface area contributed by atoms with Crippen LogP contribution in [0.4, 0.5) is 0 Å². The van der Waals surface area contributed by atoms with E-state index >= 15 is 0 Å². The van der Waals surface area contributed by atoms with Crippen molar-refractivity contribution in [3.05, 3.63) is 60.8 Å². The summed E-state index contributed by atoms with van der Waals surface area (Å²) in [5, 5.41) is 8.43. The summed E-state index contributed by atoms with van der Waals surface area (Å²) in [6, 6.07) is 7.58. The van der Waals surface area contributed by atoms with Crippen LogP contribution in [0.3, 0.4) is 0 Å². The van der Waals surface area contributed by atoms with Crippen LogP contribution in [0.15, 0.2) is 55.2 Å². The van der Waals surface area contributed by atoms with E-state index in [4.69, 9.17) is 0 Å². The van der Waals surface area contributed by atoms with Crippen LogP contribution < -0.4 is 0 Å². The number of aromatic nitrogens is 5. The molecule has 3 aromatic rings. The van der Waals surface area contributed by atoms with E-state index in [1.807, 2.05) is 46.2 Å². The summed E-state index contributed by atoms with van der Waals surface area (Å²) in [6.45, 7) is 1.52. The number of nitrogens with zero attached hydrogens (tertiary/aromatic N) is 6. The Labute approximate surface area is 145 Å². The number of pyridine rings is 1. The van der Waals surface area contributed by atoms with Crippen molar-refractivity contribution in [1.82, 2.24) is 29.4 Å². The largest absolute Gasteiger partial charge is 0.334 e. The predicted molar refractivity (Wildman–Crippen MR) is 92.3 cm³/mol. The van der Waals surface area contributed by atoms with Gasteiger partial charge in [-0.25, -0.2) is 9.67 Å². The topological polar surface area (TPSA) is 68.8 Å². The van der Waals surface area contributed by atoms with E-state index in [0.29, 0.717) is 11.4 Å². The molecule has 1 amide bonds. The molecule has 4 rings (SSSR count). The standard InChI is InChI=1S/C18H20N6O/c25-18(15-6-7-17(19-13-15)24-12-4-9-21-24)23-11-2-1-5-16(23)14-22-10-3-8-20-22/h3-4,6-10,12-13,16H,1-2,5,11,14H2/t16-/m0/s1. The van der Waals surface area contributed by atoms with E-state index in [-0.39, 0.29) is 11.9 Å². The molecule has 1 atom stereocenters. The molecule has 128 valence electrons. The third kappa shape index (κ3) is 3.31. The Morgan fingerprint density at radius 2 is 2.00 bits per heavy atom. The molecular weight excluding hydrogens is 316 g/mol. The molecule has 0 bridgehead atoms. The van der Waals surface area contributed by atoms with Crippen molar-refractivity contribution in [2.24, 2.45) is 0 Å². The molecule has 7 heteroatoms. The third-order valence-electron chi connectivity index (χ3n) is 4.58. The highest BCUT2D eigenvalue weighted by molar-refractivity contribution is 5.94. The summed E-state index contributed by atoms with van der Waals surface area (Å²) in [5.41, 5.74) is 0.614. The predicted octanol–water partition coefficient (Wildman–Crippen LogP) is 2.16. The van der Waals surface area contributed by atoms with Crippen molar-refractivity contribution in [3.8, 4) is 5.82 Å². The number of piperidine rings is 1. The number of hydrogen-bond donors (Lipinski definition) is 0. The van der Waals surface area contributed by atoms with Gasteiger partial charge >= 0.3 is 0 Å². The molecule has 0 N–H and O–H groups in total. The molecule has 25 heavy (non-hydrogen) atoms. The summed E-state index contributed by atoms with van der Waals surface area (Å²) in [5.74, 6) is 0.740. The number of carbonyl (C=O) groups excluding carboxylic acids is 1. The second kappa shape index (κ2) is 6.88. The van der Waals surface area contributed by atoms with Gasteiger partial charge in [0.15, 0.2) is 5.82 Å². The Morgan fingerprint density at radius 3 is 2.72 bits per heavy atom. The smallest absolute Gasteiger partial charge is 0.255 e. The Bertz CT molecular complexity index is 810. The highest BCUT2D eigenvalue weighted by Crippen LogP contribution is 2.21. The van der Waals surface area contributed by atoms with Crippen molar-refractivity contribution < 1.29 is 4.79 Å². The Morgan fingerprint density at radius 1 is 1.12 bits per heavy atom. The molecule has 0 unspecified atom stereocenters. The van der Waals surface area contributed by atoms with E-state index in [9.17, 15) is 4.79 Å². The monoisotopic (exact) mass is 336 g/mol. The van der Waals surface area contributed by atoms with Gasteiger partial charge in [-0.05, 0) is 43.5 Å². The van der Waals surface area contributed by atoms with Crippen LogP contribution in [0.5, 0.6) is 0 Å². The average Bonchev–Trinajstić information content (AvgIpc) is 3.36. The van der Waals surface area contributed by atoms with Crippen molar-refractivity contribution in [1.29, 1.82) is 0 Å². The van der Waals surface area contributed by atoms with Crippen molar-refractivity contribution >= 4 is 5.91 Å². The zero-order valence-electron chi connectivity index (χ0n) is 13.9. The van der Waals surface area contributed by atoms with Crippen molar-refractivity contribution in [2.75, 3.05) is 6.54 Å². The fourth-order valence-corrected chi connectivity index (χ4v) is 3.30. The molecule has 3 aromatic heterocycles. The molecule has 7 nitrogen and oxygen atoms in total. The lowest BCUT2D eigenvalue weighted by atomic mass is 10.0. The lowest BCUT2D eigenvalue weighted by Crippen LogP contribution is -2.46. The second-order valence-corrected chi connectivity index (χ2v) is 6.23. The second-order valence-electron chi connectivity index (χ2n) is 6.23. The van der Waals surface area contributed by atoms with Gasteiger partial charge in [0.2, 0.25) is 0 Å². The minimum Gasteiger partial charge on any atom is -0.334 e. The van der Waals surface area contributed by atoms with E-state index in [0.717, 1.165) is 32.4 Å². The maximum Gasteiger partial charge on any atom is 0.255 e. The van der Waals surface area contributed by atoms with Gasteiger partial charge in [-0.3, -0.25) is 9.48 Å².